The summed E-state index contributed by atoms with van der Waals surface area (Å²) in [6, 6.07) is 0. The Balaban J connectivity index is 4.28. The molecule has 0 aliphatic carbocycles. The molecule has 0 aromatic carbocycles. The molecule has 0 unspecified atom stereocenters. The first-order valence-corrected chi connectivity index (χ1v) is 6.16. The van der Waals surface area contributed by atoms with Crippen LogP contribution in [0.5, 0.6) is 0 Å². The zero-order valence-electron chi connectivity index (χ0n) is 11.7. The normalized spacial score (nSPS) is 10.3. The maximum absolute atomic E-state index is 11.8. The number of nitrogens with zero attached hydrogens (tertiary/aromatic N) is 2. The Kier molecular flexibility index (Phi) is 8.52. The number of carboxylic acids is 1. The molecule has 0 rings (SSSR count). The van der Waals surface area contributed by atoms with Gasteiger partial charge in [-0.1, -0.05) is 0 Å². The van der Waals surface area contributed by atoms with Crippen molar-refractivity contribution in [3.63, 3.8) is 0 Å². The summed E-state index contributed by atoms with van der Waals surface area (Å²) in [7, 11) is 3.67. The third-order valence-electron chi connectivity index (χ3n) is 2.34. The molecule has 0 spiro atoms. The zero-order valence-corrected chi connectivity index (χ0v) is 11.7. The summed E-state index contributed by atoms with van der Waals surface area (Å²) in [6.45, 7) is 2.49. The number of carboxylic acid groups (broad SMARTS) is 1. The van der Waals surface area contributed by atoms with Crippen molar-refractivity contribution in [3.05, 3.63) is 0 Å². The van der Waals surface area contributed by atoms with Gasteiger partial charge in [0.05, 0.1) is 13.0 Å². The lowest BCUT2D eigenvalue weighted by Crippen LogP contribution is -2.40. The molecular formula is C12H22N2O5. The maximum atomic E-state index is 11.8. The molecule has 19 heavy (non-hydrogen) atoms. The summed E-state index contributed by atoms with van der Waals surface area (Å²) in [6.07, 6.45) is -0.0513. The third-order valence-corrected chi connectivity index (χ3v) is 2.34. The zero-order chi connectivity index (χ0) is 14.8. The van der Waals surface area contributed by atoms with E-state index in [2.05, 4.69) is 0 Å². The molecule has 0 bridgehead atoms. The molecule has 0 atom stereocenters. The molecule has 7 heteroatoms. The van der Waals surface area contributed by atoms with E-state index in [4.69, 9.17) is 9.84 Å². The highest BCUT2D eigenvalue weighted by atomic mass is 16.5. The summed E-state index contributed by atoms with van der Waals surface area (Å²) in [5.41, 5.74) is 0. The number of ether oxygens (including phenoxy) is 1. The molecular weight excluding hydrogens is 252 g/mol. The Morgan fingerprint density at radius 3 is 2.21 bits per heavy atom. The van der Waals surface area contributed by atoms with Crippen molar-refractivity contribution in [1.82, 2.24) is 9.80 Å². The van der Waals surface area contributed by atoms with E-state index in [0.717, 1.165) is 0 Å². The van der Waals surface area contributed by atoms with Gasteiger partial charge >= 0.3 is 11.9 Å². The van der Waals surface area contributed by atoms with Crippen molar-refractivity contribution < 1.29 is 24.2 Å². The van der Waals surface area contributed by atoms with Crippen LogP contribution < -0.4 is 0 Å². The van der Waals surface area contributed by atoms with Crippen LogP contribution in [0.3, 0.4) is 0 Å². The number of amides is 1. The van der Waals surface area contributed by atoms with Gasteiger partial charge in [-0.2, -0.15) is 0 Å². The standard InChI is InChI=1S/C12H22N2O5/c1-4-19-12(18)6-5-10(15)14(9-11(16)17)8-7-13(2)3/h4-9H2,1-3H3,(H,16,17). The summed E-state index contributed by atoms with van der Waals surface area (Å²) in [5.74, 6) is -1.86. The first-order valence-electron chi connectivity index (χ1n) is 6.16. The van der Waals surface area contributed by atoms with E-state index >= 15 is 0 Å². The Hall–Kier alpha value is -1.63. The fraction of sp³-hybridized carbons (Fsp3) is 0.750. The second-order valence-electron chi connectivity index (χ2n) is 4.32. The predicted octanol–water partition coefficient (Wildman–Crippen LogP) is -0.195. The SMILES string of the molecule is CCOC(=O)CCC(=O)N(CCN(C)C)CC(=O)O. The Morgan fingerprint density at radius 1 is 1.11 bits per heavy atom. The number of rotatable bonds is 9. The van der Waals surface area contributed by atoms with E-state index in [-0.39, 0.29) is 31.9 Å². The number of hydrogen-bond acceptors (Lipinski definition) is 5. The minimum atomic E-state index is -1.07. The van der Waals surface area contributed by atoms with Gasteiger partial charge in [0.15, 0.2) is 0 Å². The molecule has 0 fully saturated rings. The fourth-order valence-corrected chi connectivity index (χ4v) is 1.38. The van der Waals surface area contributed by atoms with Crippen molar-refractivity contribution in [3.8, 4) is 0 Å². The van der Waals surface area contributed by atoms with E-state index in [1.807, 2.05) is 19.0 Å². The third kappa shape index (κ3) is 9.01. The van der Waals surface area contributed by atoms with Gasteiger partial charge in [0, 0.05) is 19.5 Å². The van der Waals surface area contributed by atoms with E-state index in [1.54, 1.807) is 6.92 Å². The lowest BCUT2D eigenvalue weighted by molar-refractivity contribution is -0.147. The topological polar surface area (TPSA) is 87.2 Å². The van der Waals surface area contributed by atoms with Crippen molar-refractivity contribution in [2.45, 2.75) is 19.8 Å². The first-order chi connectivity index (χ1) is 8.86. The van der Waals surface area contributed by atoms with Crippen molar-refractivity contribution >= 4 is 17.8 Å². The van der Waals surface area contributed by atoms with Gasteiger partial charge in [-0.05, 0) is 21.0 Å². The predicted molar refractivity (Wildman–Crippen MR) is 68.6 cm³/mol. The molecule has 0 aliphatic heterocycles. The summed E-state index contributed by atoms with van der Waals surface area (Å²) >= 11 is 0. The second-order valence-corrected chi connectivity index (χ2v) is 4.32. The molecule has 0 aliphatic rings. The lowest BCUT2D eigenvalue weighted by atomic mass is 10.2. The minimum Gasteiger partial charge on any atom is -0.480 e. The molecule has 7 nitrogen and oxygen atoms in total. The number of carbonyl (C=O) groups excluding carboxylic acids is 2. The van der Waals surface area contributed by atoms with Gasteiger partial charge in [0.1, 0.15) is 6.54 Å². The highest BCUT2D eigenvalue weighted by molar-refractivity contribution is 5.84. The Labute approximate surface area is 113 Å². The van der Waals surface area contributed by atoms with Crippen molar-refractivity contribution in [1.29, 1.82) is 0 Å². The summed E-state index contributed by atoms with van der Waals surface area (Å²) in [4.78, 5) is 36.8. The highest BCUT2D eigenvalue weighted by Crippen LogP contribution is 2.00. The number of aliphatic carboxylic acids is 1. The average molecular weight is 274 g/mol. The van der Waals surface area contributed by atoms with Crippen LogP contribution in [0.25, 0.3) is 0 Å². The molecule has 0 saturated heterocycles. The largest absolute Gasteiger partial charge is 0.480 e. The first kappa shape index (κ1) is 17.4. The van der Waals surface area contributed by atoms with E-state index in [0.29, 0.717) is 13.1 Å². The van der Waals surface area contributed by atoms with Crippen LogP contribution in [0.2, 0.25) is 0 Å². The van der Waals surface area contributed by atoms with E-state index < -0.39 is 11.9 Å². The van der Waals surface area contributed by atoms with Crippen LogP contribution in [0.15, 0.2) is 0 Å². The highest BCUT2D eigenvalue weighted by Gasteiger charge is 2.18. The van der Waals surface area contributed by atoms with Crippen LogP contribution in [0, 0.1) is 0 Å². The van der Waals surface area contributed by atoms with Crippen LogP contribution in [-0.4, -0.2) is 73.1 Å². The van der Waals surface area contributed by atoms with Crippen LogP contribution >= 0.6 is 0 Å². The number of likely N-dealkylation sites (N-methyl/N-ethyl adjacent to an activating group) is 1. The molecule has 1 amide bonds. The van der Waals surface area contributed by atoms with Gasteiger partial charge in [0.2, 0.25) is 5.91 Å². The smallest absolute Gasteiger partial charge is 0.323 e. The quantitative estimate of drug-likeness (QED) is 0.586. The van der Waals surface area contributed by atoms with E-state index in [1.165, 1.54) is 4.90 Å². The maximum Gasteiger partial charge on any atom is 0.323 e. The van der Waals surface area contributed by atoms with E-state index in [9.17, 15) is 14.4 Å². The van der Waals surface area contributed by atoms with Crippen molar-refractivity contribution in [2.75, 3.05) is 40.3 Å². The Bertz CT molecular complexity index is 317. The van der Waals surface area contributed by atoms with Crippen LogP contribution in [0.1, 0.15) is 19.8 Å². The summed E-state index contributed by atoms with van der Waals surface area (Å²) in [5, 5.41) is 8.76. The molecule has 0 radical (unpaired) electrons. The van der Waals surface area contributed by atoms with Gasteiger partial charge in [-0.25, -0.2) is 0 Å². The van der Waals surface area contributed by atoms with Gasteiger partial charge in [-0.3, -0.25) is 14.4 Å². The number of carbonyl (C=O) groups is 3. The van der Waals surface area contributed by atoms with Gasteiger partial charge < -0.3 is 19.6 Å². The lowest BCUT2D eigenvalue weighted by Gasteiger charge is -2.22. The van der Waals surface area contributed by atoms with Crippen LogP contribution in [-0.2, 0) is 19.1 Å². The van der Waals surface area contributed by atoms with Gasteiger partial charge in [-0.15, -0.1) is 0 Å². The van der Waals surface area contributed by atoms with Crippen molar-refractivity contribution in [2.24, 2.45) is 0 Å². The second kappa shape index (κ2) is 9.32. The minimum absolute atomic E-state index is 0.0231. The molecule has 0 aromatic heterocycles. The summed E-state index contributed by atoms with van der Waals surface area (Å²) < 4.78 is 4.72. The van der Waals surface area contributed by atoms with Gasteiger partial charge in [0.25, 0.3) is 0 Å². The van der Waals surface area contributed by atoms with Crippen LogP contribution in [0.4, 0.5) is 0 Å². The molecule has 0 heterocycles. The molecule has 0 saturated carbocycles. The monoisotopic (exact) mass is 274 g/mol. The molecule has 1 N–H and O–H groups in total. The fourth-order valence-electron chi connectivity index (χ4n) is 1.38. The molecule has 110 valence electrons. The number of esters is 1. The average Bonchev–Trinajstić information content (AvgIpc) is 2.31. The Morgan fingerprint density at radius 2 is 1.74 bits per heavy atom. The molecule has 0 aromatic rings. The number of hydrogen-bond donors (Lipinski definition) is 1.